The Morgan fingerprint density at radius 1 is 0.789 bits per heavy atom. The standard InChI is InChI=1S/C17H38N2/c1-5-6-7-8-9-10-11-12-13-14-15-18-16-17(2)19(3)4/h17-18H,5-16H2,1-4H3. The first kappa shape index (κ1) is 18.9. The van der Waals surface area contributed by atoms with Crippen molar-refractivity contribution in [2.45, 2.75) is 84.1 Å². The molecule has 0 spiro atoms. The van der Waals surface area contributed by atoms with Crippen LogP contribution in [0.15, 0.2) is 0 Å². The highest BCUT2D eigenvalue weighted by molar-refractivity contribution is 4.62. The van der Waals surface area contributed by atoms with Crippen molar-refractivity contribution >= 4 is 0 Å². The van der Waals surface area contributed by atoms with E-state index in [4.69, 9.17) is 0 Å². The molecule has 0 saturated carbocycles. The molecule has 2 nitrogen and oxygen atoms in total. The van der Waals surface area contributed by atoms with Crippen molar-refractivity contribution in [3.63, 3.8) is 0 Å². The summed E-state index contributed by atoms with van der Waals surface area (Å²) >= 11 is 0. The largest absolute Gasteiger partial charge is 0.315 e. The molecule has 0 aromatic heterocycles. The first-order valence-corrected chi connectivity index (χ1v) is 8.55. The number of hydrogen-bond donors (Lipinski definition) is 1. The van der Waals surface area contributed by atoms with Crippen LogP contribution in [-0.2, 0) is 0 Å². The number of rotatable bonds is 14. The van der Waals surface area contributed by atoms with Crippen molar-refractivity contribution in [3.05, 3.63) is 0 Å². The van der Waals surface area contributed by atoms with E-state index >= 15 is 0 Å². The van der Waals surface area contributed by atoms with Crippen LogP contribution < -0.4 is 5.32 Å². The van der Waals surface area contributed by atoms with Gasteiger partial charge in [-0.2, -0.15) is 0 Å². The molecule has 0 bridgehead atoms. The predicted octanol–water partition coefficient (Wildman–Crippen LogP) is 4.45. The Morgan fingerprint density at radius 2 is 1.26 bits per heavy atom. The van der Waals surface area contributed by atoms with Gasteiger partial charge in [0.05, 0.1) is 0 Å². The first-order chi connectivity index (χ1) is 9.18. The lowest BCUT2D eigenvalue weighted by Gasteiger charge is -2.19. The summed E-state index contributed by atoms with van der Waals surface area (Å²) < 4.78 is 0. The molecule has 0 amide bonds. The summed E-state index contributed by atoms with van der Waals surface area (Å²) in [7, 11) is 4.29. The Hall–Kier alpha value is -0.0800. The fourth-order valence-corrected chi connectivity index (χ4v) is 2.23. The normalized spacial score (nSPS) is 13.1. The van der Waals surface area contributed by atoms with Crippen LogP contribution in [0.5, 0.6) is 0 Å². The van der Waals surface area contributed by atoms with Crippen LogP contribution in [0.3, 0.4) is 0 Å². The van der Waals surface area contributed by atoms with Gasteiger partial charge in [-0.1, -0.05) is 64.7 Å². The second kappa shape index (κ2) is 14.3. The topological polar surface area (TPSA) is 15.3 Å². The van der Waals surface area contributed by atoms with E-state index in [1.807, 2.05) is 0 Å². The number of hydrogen-bond acceptors (Lipinski definition) is 2. The number of nitrogens with one attached hydrogen (secondary N) is 1. The van der Waals surface area contributed by atoms with Crippen molar-refractivity contribution in [1.82, 2.24) is 10.2 Å². The Morgan fingerprint density at radius 3 is 1.74 bits per heavy atom. The average molecular weight is 271 g/mol. The zero-order valence-corrected chi connectivity index (χ0v) is 14.0. The molecular formula is C17H38N2. The molecule has 1 N–H and O–H groups in total. The maximum Gasteiger partial charge on any atom is 0.0186 e. The van der Waals surface area contributed by atoms with E-state index in [2.05, 4.69) is 38.2 Å². The summed E-state index contributed by atoms with van der Waals surface area (Å²) in [5, 5.41) is 3.55. The SMILES string of the molecule is CCCCCCCCCCCCNCC(C)N(C)C. The highest BCUT2D eigenvalue weighted by Gasteiger charge is 2.02. The summed E-state index contributed by atoms with van der Waals surface area (Å²) in [6, 6.07) is 0.642. The van der Waals surface area contributed by atoms with Gasteiger partial charge >= 0.3 is 0 Å². The smallest absolute Gasteiger partial charge is 0.0186 e. The van der Waals surface area contributed by atoms with E-state index in [1.165, 1.54) is 70.8 Å². The molecule has 0 aliphatic carbocycles. The van der Waals surface area contributed by atoms with E-state index in [0.717, 1.165) is 6.54 Å². The Balaban J connectivity index is 3.03. The lowest BCUT2D eigenvalue weighted by Crippen LogP contribution is -2.35. The Bertz CT molecular complexity index is 169. The van der Waals surface area contributed by atoms with Crippen LogP contribution >= 0.6 is 0 Å². The summed E-state index contributed by atoms with van der Waals surface area (Å²) in [6.45, 7) is 6.86. The van der Waals surface area contributed by atoms with Crippen LogP contribution in [-0.4, -0.2) is 38.1 Å². The average Bonchev–Trinajstić information content (AvgIpc) is 2.39. The molecule has 116 valence electrons. The van der Waals surface area contributed by atoms with Crippen LogP contribution in [0, 0.1) is 0 Å². The molecule has 19 heavy (non-hydrogen) atoms. The van der Waals surface area contributed by atoms with Gasteiger partial charge in [0.1, 0.15) is 0 Å². The second-order valence-electron chi connectivity index (χ2n) is 6.20. The van der Waals surface area contributed by atoms with Crippen LogP contribution in [0.2, 0.25) is 0 Å². The van der Waals surface area contributed by atoms with Crippen LogP contribution in [0.4, 0.5) is 0 Å². The van der Waals surface area contributed by atoms with E-state index < -0.39 is 0 Å². The van der Waals surface area contributed by atoms with Crippen molar-refractivity contribution in [2.75, 3.05) is 27.2 Å². The number of likely N-dealkylation sites (N-methyl/N-ethyl adjacent to an activating group) is 1. The minimum absolute atomic E-state index is 0.642. The fraction of sp³-hybridized carbons (Fsp3) is 1.00. The fourth-order valence-electron chi connectivity index (χ4n) is 2.23. The zero-order valence-electron chi connectivity index (χ0n) is 14.0. The Kier molecular flexibility index (Phi) is 14.3. The lowest BCUT2D eigenvalue weighted by molar-refractivity contribution is 0.302. The first-order valence-electron chi connectivity index (χ1n) is 8.55. The molecule has 1 atom stereocenters. The summed E-state index contributed by atoms with van der Waals surface area (Å²) in [5.74, 6) is 0. The van der Waals surface area contributed by atoms with E-state index in [-0.39, 0.29) is 0 Å². The summed E-state index contributed by atoms with van der Waals surface area (Å²) in [5.41, 5.74) is 0. The summed E-state index contributed by atoms with van der Waals surface area (Å²) in [6.07, 6.45) is 14.2. The minimum atomic E-state index is 0.642. The van der Waals surface area contributed by atoms with Crippen molar-refractivity contribution < 1.29 is 0 Å². The van der Waals surface area contributed by atoms with Gasteiger partial charge < -0.3 is 10.2 Å². The van der Waals surface area contributed by atoms with Gasteiger partial charge in [-0.3, -0.25) is 0 Å². The molecule has 2 heteroatoms. The Labute approximate surface area is 122 Å². The molecule has 0 aromatic carbocycles. The quantitative estimate of drug-likeness (QED) is 0.469. The lowest BCUT2D eigenvalue weighted by atomic mass is 10.1. The molecular weight excluding hydrogens is 232 g/mol. The molecule has 0 heterocycles. The van der Waals surface area contributed by atoms with Crippen LogP contribution in [0.1, 0.15) is 78.1 Å². The van der Waals surface area contributed by atoms with Gasteiger partial charge in [-0.05, 0) is 34.0 Å². The van der Waals surface area contributed by atoms with Gasteiger partial charge in [0.25, 0.3) is 0 Å². The predicted molar refractivity (Wildman–Crippen MR) is 87.9 cm³/mol. The summed E-state index contributed by atoms with van der Waals surface area (Å²) in [4.78, 5) is 2.27. The molecule has 0 aromatic rings. The van der Waals surface area contributed by atoms with Crippen molar-refractivity contribution in [1.29, 1.82) is 0 Å². The van der Waals surface area contributed by atoms with Crippen LogP contribution in [0.25, 0.3) is 0 Å². The van der Waals surface area contributed by atoms with E-state index in [0.29, 0.717) is 6.04 Å². The van der Waals surface area contributed by atoms with Gasteiger partial charge in [0, 0.05) is 12.6 Å². The third kappa shape index (κ3) is 14.1. The van der Waals surface area contributed by atoms with Gasteiger partial charge in [-0.25, -0.2) is 0 Å². The monoisotopic (exact) mass is 270 g/mol. The molecule has 0 saturated heterocycles. The third-order valence-electron chi connectivity index (χ3n) is 4.03. The molecule has 1 unspecified atom stereocenters. The van der Waals surface area contributed by atoms with Crippen molar-refractivity contribution in [2.24, 2.45) is 0 Å². The number of nitrogens with zero attached hydrogens (tertiary/aromatic N) is 1. The maximum absolute atomic E-state index is 3.55. The number of unbranched alkanes of at least 4 members (excludes halogenated alkanes) is 9. The zero-order chi connectivity index (χ0) is 14.3. The molecule has 0 aliphatic heterocycles. The molecule has 0 aliphatic rings. The van der Waals surface area contributed by atoms with Gasteiger partial charge in [-0.15, -0.1) is 0 Å². The molecule has 0 fully saturated rings. The van der Waals surface area contributed by atoms with E-state index in [1.54, 1.807) is 0 Å². The highest BCUT2D eigenvalue weighted by Crippen LogP contribution is 2.10. The molecule has 0 radical (unpaired) electrons. The van der Waals surface area contributed by atoms with Gasteiger partial charge in [0.2, 0.25) is 0 Å². The second-order valence-corrected chi connectivity index (χ2v) is 6.20. The molecule has 0 rings (SSSR count). The minimum Gasteiger partial charge on any atom is -0.315 e. The highest BCUT2D eigenvalue weighted by atomic mass is 15.1. The maximum atomic E-state index is 3.55. The third-order valence-corrected chi connectivity index (χ3v) is 4.03. The van der Waals surface area contributed by atoms with Crippen molar-refractivity contribution in [3.8, 4) is 0 Å². The van der Waals surface area contributed by atoms with Gasteiger partial charge in [0.15, 0.2) is 0 Å². The van der Waals surface area contributed by atoms with E-state index in [9.17, 15) is 0 Å².